The van der Waals surface area contributed by atoms with Crippen LogP contribution in [0.4, 0.5) is 10.1 Å². The lowest BCUT2D eigenvalue weighted by molar-refractivity contribution is 0.460. The van der Waals surface area contributed by atoms with E-state index in [0.717, 1.165) is 37.9 Å². The highest BCUT2D eigenvalue weighted by Crippen LogP contribution is 2.28. The highest BCUT2D eigenvalue weighted by atomic mass is 19.1. The van der Waals surface area contributed by atoms with Crippen LogP contribution >= 0.6 is 0 Å². The van der Waals surface area contributed by atoms with Crippen LogP contribution in [-0.2, 0) is 6.54 Å². The summed E-state index contributed by atoms with van der Waals surface area (Å²) < 4.78 is 16.9. The monoisotopic (exact) mass is 358 g/mol. The molecule has 0 radical (unpaired) electrons. The van der Waals surface area contributed by atoms with Gasteiger partial charge in [-0.2, -0.15) is 0 Å². The maximum absolute atomic E-state index is 14.7. The molecule has 0 bridgehead atoms. The second-order valence-electron chi connectivity index (χ2n) is 7.57. The van der Waals surface area contributed by atoms with Crippen LogP contribution in [0, 0.1) is 5.82 Å². The van der Waals surface area contributed by atoms with Crippen molar-refractivity contribution in [2.45, 2.75) is 57.2 Å². The van der Waals surface area contributed by atoms with Gasteiger partial charge in [0.05, 0.1) is 11.2 Å². The topological polar surface area (TPSA) is 72.1 Å². The zero-order valence-electron chi connectivity index (χ0n) is 15.1. The van der Waals surface area contributed by atoms with E-state index in [4.69, 9.17) is 5.73 Å². The number of anilines is 1. The molecule has 2 fully saturated rings. The fourth-order valence-electron chi connectivity index (χ4n) is 4.33. The molecular weight excluding hydrogens is 331 g/mol. The normalized spacial score (nSPS) is 21.4. The second kappa shape index (κ2) is 7.37. The van der Waals surface area contributed by atoms with Crippen LogP contribution in [0.3, 0.4) is 0 Å². The first-order chi connectivity index (χ1) is 12.7. The smallest absolute Gasteiger partial charge is 0.193 e. The molecule has 26 heavy (non-hydrogen) atoms. The molecule has 2 aliphatic rings. The largest absolute Gasteiger partial charge is 0.380 e. The zero-order valence-corrected chi connectivity index (χ0v) is 15.1. The Hall–Kier alpha value is -1.92. The minimum absolute atomic E-state index is 0.159. The Balaban J connectivity index is 1.81. The number of nitrogens with one attached hydrogen (secondary N) is 2. The van der Waals surface area contributed by atoms with Gasteiger partial charge in [0.2, 0.25) is 0 Å². The van der Waals surface area contributed by atoms with Gasteiger partial charge in [0, 0.05) is 42.3 Å². The molecule has 1 unspecified atom stereocenters. The summed E-state index contributed by atoms with van der Waals surface area (Å²) in [5.74, 6) is -0.356. The minimum Gasteiger partial charge on any atom is -0.380 e. The number of benzene rings is 1. The Morgan fingerprint density at radius 2 is 2.04 bits per heavy atom. The number of nitrogens with two attached hydrogens (primary N) is 1. The van der Waals surface area contributed by atoms with Gasteiger partial charge in [-0.15, -0.1) is 0 Å². The van der Waals surface area contributed by atoms with Crippen molar-refractivity contribution in [3.05, 3.63) is 39.9 Å². The van der Waals surface area contributed by atoms with E-state index >= 15 is 0 Å². The first-order valence-corrected chi connectivity index (χ1v) is 9.72. The number of halogens is 1. The van der Waals surface area contributed by atoms with E-state index in [1.165, 1.54) is 25.3 Å². The van der Waals surface area contributed by atoms with Crippen molar-refractivity contribution in [1.82, 2.24) is 9.88 Å². The highest BCUT2D eigenvalue weighted by Gasteiger charge is 2.21. The first-order valence-electron chi connectivity index (χ1n) is 9.72. The summed E-state index contributed by atoms with van der Waals surface area (Å²) in [6.07, 6.45) is 8.63. The molecule has 140 valence electrons. The van der Waals surface area contributed by atoms with Crippen molar-refractivity contribution in [3.63, 3.8) is 0 Å². The van der Waals surface area contributed by atoms with Gasteiger partial charge in [-0.05, 0) is 37.9 Å². The molecule has 1 atom stereocenters. The van der Waals surface area contributed by atoms with Gasteiger partial charge in [0.1, 0.15) is 5.82 Å². The number of fused-ring (bicyclic) bond motifs is 1. The van der Waals surface area contributed by atoms with Crippen molar-refractivity contribution in [2.24, 2.45) is 5.73 Å². The maximum atomic E-state index is 14.7. The summed E-state index contributed by atoms with van der Waals surface area (Å²) in [5, 5.41) is 7.16. The summed E-state index contributed by atoms with van der Waals surface area (Å²) >= 11 is 0. The molecule has 4 N–H and O–H groups in total. The predicted molar refractivity (Wildman–Crippen MR) is 103 cm³/mol. The molecule has 4 rings (SSSR count). The lowest BCUT2D eigenvalue weighted by Crippen LogP contribution is -2.24. The lowest BCUT2D eigenvalue weighted by atomic mass is 9.95. The molecule has 1 aliphatic carbocycles. The average Bonchev–Trinajstić information content (AvgIpc) is 3.19. The molecule has 1 aromatic heterocycles. The molecule has 5 nitrogen and oxygen atoms in total. The number of pyridine rings is 1. The Morgan fingerprint density at radius 1 is 1.23 bits per heavy atom. The fourth-order valence-corrected chi connectivity index (χ4v) is 4.33. The van der Waals surface area contributed by atoms with Crippen LogP contribution in [0.1, 0.15) is 50.1 Å². The maximum Gasteiger partial charge on any atom is 0.193 e. The Kier molecular flexibility index (Phi) is 4.96. The number of hydrogen-bond acceptors (Lipinski definition) is 4. The Bertz CT molecular complexity index is 851. The van der Waals surface area contributed by atoms with Gasteiger partial charge < -0.3 is 20.9 Å². The van der Waals surface area contributed by atoms with E-state index in [2.05, 4.69) is 15.2 Å². The zero-order chi connectivity index (χ0) is 18.1. The Morgan fingerprint density at radius 3 is 2.73 bits per heavy atom. The molecule has 1 saturated heterocycles. The average molecular weight is 358 g/mol. The first kappa shape index (κ1) is 17.5. The van der Waals surface area contributed by atoms with E-state index in [9.17, 15) is 9.18 Å². The summed E-state index contributed by atoms with van der Waals surface area (Å²) in [6, 6.07) is 3.78. The fraction of sp³-hybridized carbons (Fsp3) is 0.550. The summed E-state index contributed by atoms with van der Waals surface area (Å²) in [4.78, 5) is 12.7. The van der Waals surface area contributed by atoms with Gasteiger partial charge in [-0.3, -0.25) is 4.79 Å². The molecule has 1 saturated carbocycles. The van der Waals surface area contributed by atoms with Crippen LogP contribution in [0.25, 0.3) is 10.9 Å². The Labute approximate surface area is 152 Å². The molecule has 2 aromatic rings. The second-order valence-corrected chi connectivity index (χ2v) is 7.57. The standard InChI is InChI=1S/C20H27FN4O/c21-17-8-16-19(9-18(17)24-14-4-2-1-3-5-14)25(15-6-7-23-11-15)12-13(10-22)20(16)26/h8-9,12,14-15,23-24H,1-7,10-11,22H2. The third-order valence-electron chi connectivity index (χ3n) is 5.81. The lowest BCUT2D eigenvalue weighted by Gasteiger charge is -2.25. The molecule has 6 heteroatoms. The third-order valence-corrected chi connectivity index (χ3v) is 5.81. The van der Waals surface area contributed by atoms with Crippen LogP contribution in [-0.4, -0.2) is 23.7 Å². The van der Waals surface area contributed by atoms with Gasteiger partial charge in [-0.1, -0.05) is 19.3 Å². The highest BCUT2D eigenvalue weighted by molar-refractivity contribution is 5.83. The molecule has 1 aromatic carbocycles. The van der Waals surface area contributed by atoms with Gasteiger partial charge in [0.15, 0.2) is 5.43 Å². The number of hydrogen-bond donors (Lipinski definition) is 3. The number of nitrogens with zero attached hydrogens (tertiary/aromatic N) is 1. The minimum atomic E-state index is -0.356. The van der Waals surface area contributed by atoms with Crippen molar-refractivity contribution < 1.29 is 4.39 Å². The van der Waals surface area contributed by atoms with Crippen molar-refractivity contribution >= 4 is 16.6 Å². The van der Waals surface area contributed by atoms with Gasteiger partial charge >= 0.3 is 0 Å². The van der Waals surface area contributed by atoms with Gasteiger partial charge in [-0.25, -0.2) is 4.39 Å². The van der Waals surface area contributed by atoms with Crippen LogP contribution in [0.15, 0.2) is 23.1 Å². The molecule has 0 amide bonds. The quantitative estimate of drug-likeness (QED) is 0.786. The predicted octanol–water partition coefficient (Wildman–Crippen LogP) is 2.88. The molecule has 0 spiro atoms. The number of aromatic nitrogens is 1. The van der Waals surface area contributed by atoms with Gasteiger partial charge in [0.25, 0.3) is 0 Å². The van der Waals surface area contributed by atoms with Crippen molar-refractivity contribution in [1.29, 1.82) is 0 Å². The number of rotatable bonds is 4. The molecule has 2 heterocycles. The SMILES string of the molecule is NCc1cn(C2CCNC2)c2cc(NC3CCCCC3)c(F)cc2c1=O. The van der Waals surface area contributed by atoms with E-state index in [-0.39, 0.29) is 23.8 Å². The van der Waals surface area contributed by atoms with Crippen LogP contribution in [0.5, 0.6) is 0 Å². The van der Waals surface area contributed by atoms with Crippen LogP contribution in [0.2, 0.25) is 0 Å². The summed E-state index contributed by atoms with van der Waals surface area (Å²) in [5.41, 5.74) is 7.44. The summed E-state index contributed by atoms with van der Waals surface area (Å²) in [6.45, 7) is 1.97. The molecular formula is C20H27FN4O. The van der Waals surface area contributed by atoms with E-state index in [1.54, 1.807) is 0 Å². The molecule has 1 aliphatic heterocycles. The van der Waals surface area contributed by atoms with Crippen molar-refractivity contribution in [2.75, 3.05) is 18.4 Å². The van der Waals surface area contributed by atoms with E-state index in [1.807, 2.05) is 12.3 Å². The third kappa shape index (κ3) is 3.23. The van der Waals surface area contributed by atoms with Crippen molar-refractivity contribution in [3.8, 4) is 0 Å². The summed E-state index contributed by atoms with van der Waals surface area (Å²) in [7, 11) is 0. The van der Waals surface area contributed by atoms with Crippen LogP contribution < -0.4 is 21.8 Å². The van der Waals surface area contributed by atoms with E-state index < -0.39 is 0 Å². The van der Waals surface area contributed by atoms with E-state index in [0.29, 0.717) is 22.7 Å².